The molecular weight excluding hydrogens is 386 g/mol. The Kier molecular flexibility index (Phi) is 4.89. The van der Waals surface area contributed by atoms with Crippen LogP contribution in [0.5, 0.6) is 23.0 Å². The molecule has 156 valence electrons. The number of hydrogen-bond donors (Lipinski definition) is 1. The first-order chi connectivity index (χ1) is 14.5. The second kappa shape index (κ2) is 7.40. The van der Waals surface area contributed by atoms with E-state index >= 15 is 0 Å². The van der Waals surface area contributed by atoms with Crippen molar-refractivity contribution in [3.63, 3.8) is 0 Å². The molecule has 1 aliphatic rings. The maximum atomic E-state index is 13.5. The van der Waals surface area contributed by atoms with E-state index in [1.54, 1.807) is 22.8 Å². The summed E-state index contributed by atoms with van der Waals surface area (Å²) in [7, 11) is 4.45. The Morgan fingerprint density at radius 3 is 2.10 bits per heavy atom. The number of carbonyl (C=O) groups excluding carboxylic acids is 1. The monoisotopic (exact) mass is 409 g/mol. The maximum Gasteiger partial charge on any atom is 0.259 e. The quantitative estimate of drug-likeness (QED) is 0.522. The van der Waals surface area contributed by atoms with Gasteiger partial charge in [0.25, 0.3) is 5.56 Å². The van der Waals surface area contributed by atoms with Gasteiger partial charge in [0.15, 0.2) is 28.8 Å². The number of carbonyl (C=O) groups is 1. The summed E-state index contributed by atoms with van der Waals surface area (Å²) in [6.07, 6.45) is 1.68. The summed E-state index contributed by atoms with van der Waals surface area (Å²) in [6.45, 7) is 2.51. The van der Waals surface area contributed by atoms with Gasteiger partial charge < -0.3 is 23.9 Å². The highest BCUT2D eigenvalue weighted by Gasteiger charge is 2.34. The van der Waals surface area contributed by atoms with Gasteiger partial charge in [-0.2, -0.15) is 0 Å². The number of benzene rings is 2. The molecule has 0 saturated heterocycles. The number of rotatable bonds is 6. The fraction of sp³-hybridized carbons (Fsp3) is 0.304. The average Bonchev–Trinajstić information content (AvgIpc) is 3.03. The number of fused-ring (bicyclic) bond motifs is 5. The first-order valence-electron chi connectivity index (χ1n) is 9.75. The molecule has 3 aromatic rings. The van der Waals surface area contributed by atoms with Crippen LogP contribution < -0.4 is 19.8 Å². The average molecular weight is 409 g/mol. The Balaban J connectivity index is 2.16. The normalized spacial score (nSPS) is 12.1. The third-order valence-corrected chi connectivity index (χ3v) is 5.56. The van der Waals surface area contributed by atoms with Gasteiger partial charge in [-0.1, -0.05) is 13.3 Å². The van der Waals surface area contributed by atoms with Gasteiger partial charge >= 0.3 is 0 Å². The number of aromatic nitrogens is 1. The molecule has 1 aliphatic carbocycles. The first kappa shape index (κ1) is 19.8. The topological polar surface area (TPSA) is 87.0 Å². The van der Waals surface area contributed by atoms with Crippen molar-refractivity contribution in [2.75, 3.05) is 21.3 Å². The Bertz CT molecular complexity index is 1240. The minimum Gasteiger partial charge on any atom is -0.504 e. The lowest BCUT2D eigenvalue weighted by atomic mass is 10.0. The second-order valence-electron chi connectivity index (χ2n) is 7.19. The SMILES string of the molecule is CCCCn1c2c(c3cc(OC)c(OC)cc3c1=O)C(=O)c1cc(O)c(OC)cc1-2. The first-order valence-corrected chi connectivity index (χ1v) is 9.75. The lowest BCUT2D eigenvalue weighted by Gasteiger charge is -2.17. The number of nitrogens with zero attached hydrogens (tertiary/aromatic N) is 1. The van der Waals surface area contributed by atoms with E-state index in [1.807, 2.05) is 6.92 Å². The van der Waals surface area contributed by atoms with E-state index in [1.165, 1.54) is 27.4 Å². The zero-order valence-electron chi connectivity index (χ0n) is 17.4. The predicted molar refractivity (Wildman–Crippen MR) is 113 cm³/mol. The number of unbranched alkanes of at least 4 members (excludes halogenated alkanes) is 1. The lowest BCUT2D eigenvalue weighted by Crippen LogP contribution is -2.23. The molecule has 0 saturated carbocycles. The highest BCUT2D eigenvalue weighted by Crippen LogP contribution is 2.45. The van der Waals surface area contributed by atoms with Crippen molar-refractivity contribution in [1.29, 1.82) is 0 Å². The summed E-state index contributed by atoms with van der Waals surface area (Å²) in [5.41, 5.74) is 1.69. The zero-order valence-corrected chi connectivity index (χ0v) is 17.4. The van der Waals surface area contributed by atoms with Gasteiger partial charge in [0.2, 0.25) is 0 Å². The van der Waals surface area contributed by atoms with Crippen LogP contribution in [0.15, 0.2) is 29.1 Å². The van der Waals surface area contributed by atoms with Crippen LogP contribution in [-0.2, 0) is 6.54 Å². The van der Waals surface area contributed by atoms with E-state index in [2.05, 4.69) is 0 Å². The molecule has 7 heteroatoms. The van der Waals surface area contributed by atoms with Crippen molar-refractivity contribution in [1.82, 2.24) is 4.57 Å². The van der Waals surface area contributed by atoms with E-state index in [4.69, 9.17) is 14.2 Å². The molecule has 4 rings (SSSR count). The van der Waals surface area contributed by atoms with Gasteiger partial charge in [-0.05, 0) is 30.7 Å². The smallest absolute Gasteiger partial charge is 0.259 e. The Morgan fingerprint density at radius 2 is 1.50 bits per heavy atom. The van der Waals surface area contributed by atoms with Crippen LogP contribution in [0, 0.1) is 0 Å². The summed E-state index contributed by atoms with van der Waals surface area (Å²) in [6, 6.07) is 6.30. The fourth-order valence-electron chi connectivity index (χ4n) is 4.06. The number of phenolic OH excluding ortho intramolecular Hbond substituents is 1. The number of hydrogen-bond acceptors (Lipinski definition) is 6. The molecule has 30 heavy (non-hydrogen) atoms. The highest BCUT2D eigenvalue weighted by atomic mass is 16.5. The van der Waals surface area contributed by atoms with E-state index in [-0.39, 0.29) is 22.8 Å². The Hall–Kier alpha value is -3.48. The molecule has 0 fully saturated rings. The Morgan fingerprint density at radius 1 is 0.867 bits per heavy atom. The van der Waals surface area contributed by atoms with Crippen molar-refractivity contribution in [3.8, 4) is 34.3 Å². The van der Waals surface area contributed by atoms with E-state index in [0.29, 0.717) is 51.2 Å². The number of phenols is 1. The molecule has 1 heterocycles. The molecule has 0 atom stereocenters. The van der Waals surface area contributed by atoms with Crippen molar-refractivity contribution >= 4 is 16.6 Å². The summed E-state index contributed by atoms with van der Waals surface area (Å²) in [5, 5.41) is 11.1. The molecule has 0 bridgehead atoms. The lowest BCUT2D eigenvalue weighted by molar-refractivity contribution is 0.104. The summed E-state index contributed by atoms with van der Waals surface area (Å²) < 4.78 is 17.7. The van der Waals surface area contributed by atoms with Crippen LogP contribution in [0.4, 0.5) is 0 Å². The van der Waals surface area contributed by atoms with Gasteiger partial charge in [-0.15, -0.1) is 0 Å². The summed E-state index contributed by atoms with van der Waals surface area (Å²) in [4.78, 5) is 26.9. The third-order valence-electron chi connectivity index (χ3n) is 5.56. The van der Waals surface area contributed by atoms with Gasteiger partial charge in [-0.3, -0.25) is 9.59 Å². The van der Waals surface area contributed by atoms with Crippen LogP contribution in [0.25, 0.3) is 22.0 Å². The van der Waals surface area contributed by atoms with Gasteiger partial charge in [0.05, 0.1) is 38.0 Å². The van der Waals surface area contributed by atoms with Crippen molar-refractivity contribution in [2.24, 2.45) is 0 Å². The minimum atomic E-state index is -0.250. The molecule has 1 aromatic heterocycles. The van der Waals surface area contributed by atoms with Gasteiger partial charge in [0.1, 0.15) is 0 Å². The van der Waals surface area contributed by atoms with Gasteiger partial charge in [0, 0.05) is 23.1 Å². The van der Waals surface area contributed by atoms with E-state index < -0.39 is 0 Å². The molecule has 0 unspecified atom stereocenters. The predicted octanol–water partition coefficient (Wildman–Crippen LogP) is 3.74. The van der Waals surface area contributed by atoms with Crippen LogP contribution >= 0.6 is 0 Å². The highest BCUT2D eigenvalue weighted by molar-refractivity contribution is 6.27. The van der Waals surface area contributed by atoms with Crippen molar-refractivity contribution in [3.05, 3.63) is 45.7 Å². The molecule has 1 N–H and O–H groups in total. The van der Waals surface area contributed by atoms with Crippen LogP contribution in [0.3, 0.4) is 0 Å². The molecule has 0 aliphatic heterocycles. The summed E-state index contributed by atoms with van der Waals surface area (Å²) >= 11 is 0. The standard InChI is InChI=1S/C23H23NO6/c1-5-6-7-24-21-13-10-17(28-2)16(25)8-14(13)22(26)20(21)12-9-18(29-3)19(30-4)11-15(12)23(24)27/h8-11,25H,5-7H2,1-4H3. The summed E-state index contributed by atoms with van der Waals surface area (Å²) in [5.74, 6) is 0.730. The molecule has 2 aromatic carbocycles. The number of pyridine rings is 1. The largest absolute Gasteiger partial charge is 0.504 e. The van der Waals surface area contributed by atoms with Crippen molar-refractivity contribution in [2.45, 2.75) is 26.3 Å². The van der Waals surface area contributed by atoms with Crippen LogP contribution in [0.2, 0.25) is 0 Å². The molecular formula is C23H23NO6. The fourth-order valence-corrected chi connectivity index (χ4v) is 4.06. The number of ether oxygens (including phenoxy) is 3. The molecule has 0 amide bonds. The second-order valence-corrected chi connectivity index (χ2v) is 7.19. The van der Waals surface area contributed by atoms with Gasteiger partial charge in [-0.25, -0.2) is 0 Å². The molecule has 0 radical (unpaired) electrons. The van der Waals surface area contributed by atoms with Crippen LogP contribution in [-0.4, -0.2) is 36.8 Å². The zero-order chi connectivity index (χ0) is 21.6. The van der Waals surface area contributed by atoms with E-state index in [9.17, 15) is 14.7 Å². The van der Waals surface area contributed by atoms with Crippen LogP contribution in [0.1, 0.15) is 35.7 Å². The maximum absolute atomic E-state index is 13.5. The third kappa shape index (κ3) is 2.73. The Labute approximate surface area is 173 Å². The number of methoxy groups -OCH3 is 3. The number of ketones is 1. The molecule has 0 spiro atoms. The minimum absolute atomic E-state index is 0.122. The van der Waals surface area contributed by atoms with E-state index in [0.717, 1.165) is 12.8 Å². The van der Waals surface area contributed by atoms with Crippen molar-refractivity contribution < 1.29 is 24.1 Å². The molecule has 7 nitrogen and oxygen atoms in total. The number of aromatic hydroxyl groups is 1.